The standard InChI is InChI=1S/C29H22F4N4O4/c30-20-10-12-21(13-11-20)37-25(3-1-2-4-26(38)39)34-23-16-18(7-14-22(23)28(37)40)27-35-24(36-41-27)15-17-5-8-19(9-6-17)29(31,32)33/h5-14,16H,1-4,15H2,(H,38,39). The van der Waals surface area contributed by atoms with Crippen LogP contribution in [0.15, 0.2) is 76.0 Å². The van der Waals surface area contributed by atoms with Gasteiger partial charge in [0, 0.05) is 24.8 Å². The summed E-state index contributed by atoms with van der Waals surface area (Å²) in [7, 11) is 0. The number of nitrogens with zero attached hydrogens (tertiary/aromatic N) is 4. The highest BCUT2D eigenvalue weighted by molar-refractivity contribution is 5.82. The number of aryl methyl sites for hydroxylation is 1. The van der Waals surface area contributed by atoms with E-state index in [1.165, 1.54) is 41.0 Å². The van der Waals surface area contributed by atoms with Crippen LogP contribution in [-0.4, -0.2) is 30.8 Å². The average Bonchev–Trinajstić information content (AvgIpc) is 3.40. The highest BCUT2D eigenvalue weighted by atomic mass is 19.4. The molecule has 12 heteroatoms. The summed E-state index contributed by atoms with van der Waals surface area (Å²) in [6.45, 7) is 0. The molecule has 5 aromatic rings. The lowest BCUT2D eigenvalue weighted by Gasteiger charge is -2.14. The Balaban J connectivity index is 1.45. The van der Waals surface area contributed by atoms with E-state index in [1.807, 2.05) is 0 Å². The highest BCUT2D eigenvalue weighted by Crippen LogP contribution is 2.29. The van der Waals surface area contributed by atoms with E-state index in [2.05, 4.69) is 15.1 Å². The third-order valence-corrected chi connectivity index (χ3v) is 6.42. The van der Waals surface area contributed by atoms with Gasteiger partial charge in [0.15, 0.2) is 5.82 Å². The number of rotatable bonds is 9. The first-order chi connectivity index (χ1) is 19.6. The fourth-order valence-electron chi connectivity index (χ4n) is 4.39. The molecule has 2 heterocycles. The molecule has 0 amide bonds. The fraction of sp³-hybridized carbons (Fsp3) is 0.207. The molecule has 0 bridgehead atoms. The smallest absolute Gasteiger partial charge is 0.416 e. The van der Waals surface area contributed by atoms with E-state index in [-0.39, 0.29) is 35.5 Å². The minimum atomic E-state index is -4.43. The molecule has 0 saturated heterocycles. The number of unbranched alkanes of at least 4 members (excludes halogenated alkanes) is 1. The van der Waals surface area contributed by atoms with Crippen molar-refractivity contribution in [3.05, 3.63) is 106 Å². The van der Waals surface area contributed by atoms with Crippen molar-refractivity contribution in [3.8, 4) is 17.1 Å². The molecule has 0 fully saturated rings. The zero-order valence-corrected chi connectivity index (χ0v) is 21.4. The lowest BCUT2D eigenvalue weighted by Crippen LogP contribution is -2.24. The Morgan fingerprint density at radius 3 is 2.37 bits per heavy atom. The first-order valence-corrected chi connectivity index (χ1v) is 12.6. The molecule has 0 aliphatic carbocycles. The van der Waals surface area contributed by atoms with E-state index in [4.69, 9.17) is 9.63 Å². The molecule has 5 rings (SSSR count). The van der Waals surface area contributed by atoms with Crippen LogP contribution in [0.3, 0.4) is 0 Å². The molecular weight excluding hydrogens is 544 g/mol. The van der Waals surface area contributed by atoms with E-state index >= 15 is 0 Å². The number of hydrogen-bond donors (Lipinski definition) is 1. The second kappa shape index (κ2) is 11.3. The zero-order chi connectivity index (χ0) is 29.1. The molecule has 0 spiro atoms. The molecule has 0 aliphatic rings. The van der Waals surface area contributed by atoms with Crippen molar-refractivity contribution in [2.24, 2.45) is 0 Å². The van der Waals surface area contributed by atoms with Gasteiger partial charge in [0.1, 0.15) is 11.6 Å². The van der Waals surface area contributed by atoms with Crippen molar-refractivity contribution in [2.75, 3.05) is 0 Å². The van der Waals surface area contributed by atoms with Gasteiger partial charge < -0.3 is 9.63 Å². The van der Waals surface area contributed by atoms with Gasteiger partial charge >= 0.3 is 12.1 Å². The topological polar surface area (TPSA) is 111 Å². The average molecular weight is 567 g/mol. The lowest BCUT2D eigenvalue weighted by atomic mass is 10.1. The summed E-state index contributed by atoms with van der Waals surface area (Å²) in [6.07, 6.45) is -3.15. The number of alkyl halides is 3. The molecule has 1 N–H and O–H groups in total. The van der Waals surface area contributed by atoms with Crippen LogP contribution in [-0.2, 0) is 23.8 Å². The lowest BCUT2D eigenvalue weighted by molar-refractivity contribution is -0.138. The Labute approximate surface area is 229 Å². The summed E-state index contributed by atoms with van der Waals surface area (Å²) in [5.74, 6) is -0.597. The summed E-state index contributed by atoms with van der Waals surface area (Å²) in [5, 5.41) is 13.2. The number of carbonyl (C=O) groups is 1. The number of benzene rings is 3. The molecule has 3 aromatic carbocycles. The molecular formula is C29H22F4N4O4. The molecule has 0 aliphatic heterocycles. The van der Waals surface area contributed by atoms with Crippen molar-refractivity contribution < 1.29 is 32.0 Å². The molecule has 210 valence electrons. The molecule has 8 nitrogen and oxygen atoms in total. The van der Waals surface area contributed by atoms with Crippen LogP contribution in [0.4, 0.5) is 17.6 Å². The van der Waals surface area contributed by atoms with Crippen LogP contribution >= 0.6 is 0 Å². The number of carboxylic acids is 1. The van der Waals surface area contributed by atoms with Gasteiger partial charge in [-0.2, -0.15) is 18.2 Å². The van der Waals surface area contributed by atoms with Crippen LogP contribution in [0.5, 0.6) is 0 Å². The van der Waals surface area contributed by atoms with Crippen LogP contribution in [0.2, 0.25) is 0 Å². The monoisotopic (exact) mass is 566 g/mol. The first kappa shape index (κ1) is 27.7. The van der Waals surface area contributed by atoms with E-state index in [0.29, 0.717) is 47.4 Å². The van der Waals surface area contributed by atoms with Crippen LogP contribution in [0.1, 0.15) is 42.0 Å². The van der Waals surface area contributed by atoms with Gasteiger partial charge in [-0.25, -0.2) is 9.37 Å². The summed E-state index contributed by atoms with van der Waals surface area (Å²) in [6, 6.07) is 14.9. The molecule has 2 aromatic heterocycles. The second-order valence-electron chi connectivity index (χ2n) is 9.37. The minimum Gasteiger partial charge on any atom is -0.481 e. The van der Waals surface area contributed by atoms with E-state index in [9.17, 15) is 27.2 Å². The summed E-state index contributed by atoms with van der Waals surface area (Å²) in [5.41, 5.74) is 0.689. The Kier molecular flexibility index (Phi) is 7.64. The molecule has 0 atom stereocenters. The third-order valence-electron chi connectivity index (χ3n) is 6.42. The predicted molar refractivity (Wildman–Crippen MR) is 140 cm³/mol. The molecule has 0 unspecified atom stereocenters. The van der Waals surface area contributed by atoms with Crippen LogP contribution < -0.4 is 5.56 Å². The van der Waals surface area contributed by atoms with Gasteiger partial charge in [0.2, 0.25) is 0 Å². The number of carboxylic acid groups (broad SMARTS) is 1. The molecule has 0 radical (unpaired) electrons. The zero-order valence-electron chi connectivity index (χ0n) is 21.4. The normalized spacial score (nSPS) is 11.7. The third kappa shape index (κ3) is 6.32. The SMILES string of the molecule is O=C(O)CCCCc1nc2cc(-c3nc(Cc4ccc(C(F)(F)F)cc4)no3)ccc2c(=O)n1-c1ccc(F)cc1. The van der Waals surface area contributed by atoms with Gasteiger partial charge in [-0.15, -0.1) is 0 Å². The number of hydrogen-bond acceptors (Lipinski definition) is 6. The maximum atomic E-state index is 13.5. The van der Waals surface area contributed by atoms with E-state index in [1.54, 1.807) is 18.2 Å². The second-order valence-corrected chi connectivity index (χ2v) is 9.37. The van der Waals surface area contributed by atoms with Crippen molar-refractivity contribution in [1.29, 1.82) is 0 Å². The van der Waals surface area contributed by atoms with Gasteiger partial charge in [-0.05, 0) is 73.0 Å². The van der Waals surface area contributed by atoms with Gasteiger partial charge in [0.25, 0.3) is 11.4 Å². The molecule has 0 saturated carbocycles. The van der Waals surface area contributed by atoms with E-state index in [0.717, 1.165) is 12.1 Å². The fourth-order valence-corrected chi connectivity index (χ4v) is 4.39. The largest absolute Gasteiger partial charge is 0.481 e. The predicted octanol–water partition coefficient (Wildman–Crippen LogP) is 5.98. The number of aromatic nitrogens is 4. The number of halogens is 4. The van der Waals surface area contributed by atoms with Crippen molar-refractivity contribution in [2.45, 2.75) is 38.3 Å². The highest BCUT2D eigenvalue weighted by Gasteiger charge is 2.30. The minimum absolute atomic E-state index is 0.0233. The van der Waals surface area contributed by atoms with Gasteiger partial charge in [0.05, 0.1) is 22.2 Å². The summed E-state index contributed by atoms with van der Waals surface area (Å²) in [4.78, 5) is 33.5. The Morgan fingerprint density at radius 2 is 1.68 bits per heavy atom. The first-order valence-electron chi connectivity index (χ1n) is 12.6. The van der Waals surface area contributed by atoms with Crippen LogP contribution in [0.25, 0.3) is 28.0 Å². The summed E-state index contributed by atoms with van der Waals surface area (Å²) < 4.78 is 58.8. The Hall–Kier alpha value is -4.87. The maximum absolute atomic E-state index is 13.5. The van der Waals surface area contributed by atoms with Crippen molar-refractivity contribution in [3.63, 3.8) is 0 Å². The van der Waals surface area contributed by atoms with Gasteiger partial charge in [-0.3, -0.25) is 14.2 Å². The number of fused-ring (bicyclic) bond motifs is 1. The maximum Gasteiger partial charge on any atom is 0.416 e. The van der Waals surface area contributed by atoms with Crippen molar-refractivity contribution in [1.82, 2.24) is 19.7 Å². The van der Waals surface area contributed by atoms with Crippen LogP contribution in [0, 0.1) is 5.82 Å². The van der Waals surface area contributed by atoms with Crippen molar-refractivity contribution >= 4 is 16.9 Å². The van der Waals surface area contributed by atoms with E-state index < -0.39 is 23.5 Å². The Bertz CT molecular complexity index is 1760. The molecule has 41 heavy (non-hydrogen) atoms. The quantitative estimate of drug-likeness (QED) is 0.173. The summed E-state index contributed by atoms with van der Waals surface area (Å²) >= 11 is 0. The van der Waals surface area contributed by atoms with Gasteiger partial charge in [-0.1, -0.05) is 17.3 Å². The Morgan fingerprint density at radius 1 is 0.951 bits per heavy atom. The number of aliphatic carboxylic acids is 1.